The largest absolute Gasteiger partial charge is 0.462 e. The number of nitriles is 1. The molecule has 0 aliphatic rings. The van der Waals surface area contributed by atoms with Crippen molar-refractivity contribution in [2.45, 2.75) is 6.04 Å². The highest BCUT2D eigenvalue weighted by molar-refractivity contribution is 7.90. The Morgan fingerprint density at radius 1 is 1.37 bits per heavy atom. The quantitative estimate of drug-likeness (QED) is 0.319. The molecule has 106 valence electrons. The molecule has 0 saturated heterocycles. The van der Waals surface area contributed by atoms with Gasteiger partial charge in [-0.2, -0.15) is 5.26 Å². The van der Waals surface area contributed by atoms with Gasteiger partial charge in [-0.1, -0.05) is 0 Å². The lowest BCUT2D eigenvalue weighted by molar-refractivity contribution is -0.153. The number of nitrogens with zero attached hydrogens (tertiary/aromatic N) is 1. The van der Waals surface area contributed by atoms with Crippen LogP contribution in [-0.2, 0) is 29.0 Å². The minimum atomic E-state index is -3.58. The molecule has 0 aromatic heterocycles. The number of sulfone groups is 1. The Bertz CT molecular complexity index is 507. The summed E-state index contributed by atoms with van der Waals surface area (Å²) in [7, 11) is -2.62. The molecule has 0 fully saturated rings. The van der Waals surface area contributed by atoms with Gasteiger partial charge >= 0.3 is 11.9 Å². The second kappa shape index (κ2) is 7.32. The van der Waals surface area contributed by atoms with Crippen LogP contribution in [0.15, 0.2) is 0 Å². The molecule has 0 aromatic carbocycles. The Labute approximate surface area is 109 Å². The number of carbonyl (C=O) groups is 3. The third-order valence-corrected chi connectivity index (χ3v) is 2.74. The van der Waals surface area contributed by atoms with Crippen molar-refractivity contribution in [3.8, 4) is 6.07 Å². The van der Waals surface area contributed by atoms with Crippen LogP contribution in [0, 0.1) is 11.3 Å². The van der Waals surface area contributed by atoms with Gasteiger partial charge in [-0.3, -0.25) is 9.59 Å². The van der Waals surface area contributed by atoms with Crippen LogP contribution in [0.3, 0.4) is 0 Å². The third-order valence-electron chi connectivity index (χ3n) is 1.80. The molecule has 2 amide bonds. The van der Waals surface area contributed by atoms with Crippen molar-refractivity contribution in [3.63, 3.8) is 0 Å². The molecule has 0 radical (unpaired) electrons. The van der Waals surface area contributed by atoms with Crippen LogP contribution in [0.5, 0.6) is 0 Å². The van der Waals surface area contributed by atoms with E-state index in [0.29, 0.717) is 0 Å². The highest BCUT2D eigenvalue weighted by Gasteiger charge is 2.27. The maximum Gasteiger partial charge on any atom is 0.396 e. The third kappa shape index (κ3) is 6.99. The zero-order valence-electron chi connectivity index (χ0n) is 10.3. The zero-order chi connectivity index (χ0) is 15.1. The van der Waals surface area contributed by atoms with Crippen LogP contribution in [0.2, 0.25) is 0 Å². The van der Waals surface area contributed by atoms with Gasteiger partial charge in [0.05, 0.1) is 18.9 Å². The number of nitrogens with one attached hydrogen (secondary N) is 2. The molecule has 0 bridgehead atoms. The lowest BCUT2D eigenvalue weighted by Gasteiger charge is -2.15. The highest BCUT2D eigenvalue weighted by atomic mass is 32.2. The van der Waals surface area contributed by atoms with Crippen LogP contribution >= 0.6 is 0 Å². The highest BCUT2D eigenvalue weighted by Crippen LogP contribution is 1.93. The molecule has 0 spiro atoms. The van der Waals surface area contributed by atoms with Gasteiger partial charge in [-0.25, -0.2) is 13.2 Å². The van der Waals surface area contributed by atoms with E-state index in [1.54, 1.807) is 6.07 Å². The minimum Gasteiger partial charge on any atom is -0.462 e. The van der Waals surface area contributed by atoms with Crippen molar-refractivity contribution in [1.29, 1.82) is 5.26 Å². The van der Waals surface area contributed by atoms with Crippen LogP contribution in [0.25, 0.3) is 0 Å². The average molecular weight is 291 g/mol. The smallest absolute Gasteiger partial charge is 0.396 e. The van der Waals surface area contributed by atoms with E-state index in [4.69, 9.17) is 5.26 Å². The molecule has 0 aliphatic carbocycles. The summed E-state index contributed by atoms with van der Waals surface area (Å²) in [5, 5.41) is 12.3. The van der Waals surface area contributed by atoms with Gasteiger partial charge < -0.3 is 15.4 Å². The van der Waals surface area contributed by atoms with Gasteiger partial charge in [0, 0.05) is 6.26 Å². The van der Waals surface area contributed by atoms with E-state index in [9.17, 15) is 22.8 Å². The summed E-state index contributed by atoms with van der Waals surface area (Å²) in [5.41, 5.74) is 0. The molecule has 2 N–H and O–H groups in total. The Morgan fingerprint density at radius 2 is 1.95 bits per heavy atom. The fourth-order valence-electron chi connectivity index (χ4n) is 1.05. The van der Waals surface area contributed by atoms with Crippen molar-refractivity contribution in [2.75, 3.05) is 25.7 Å². The van der Waals surface area contributed by atoms with Gasteiger partial charge in [-0.15, -0.1) is 0 Å². The van der Waals surface area contributed by atoms with Crippen LogP contribution in [-0.4, -0.2) is 57.9 Å². The molecule has 9 nitrogen and oxygen atoms in total. The topological polar surface area (TPSA) is 142 Å². The van der Waals surface area contributed by atoms with Crippen LogP contribution in [0.1, 0.15) is 0 Å². The fraction of sp³-hybridized carbons (Fsp3) is 0.556. The summed E-state index contributed by atoms with van der Waals surface area (Å²) in [6.45, 7) is -0.354. The first-order valence-corrected chi connectivity index (χ1v) is 6.98. The second-order valence-electron chi connectivity index (χ2n) is 3.49. The summed E-state index contributed by atoms with van der Waals surface area (Å²) < 4.78 is 26.4. The van der Waals surface area contributed by atoms with Crippen LogP contribution in [0.4, 0.5) is 0 Å². The lowest BCUT2D eigenvalue weighted by atomic mass is 10.3. The summed E-state index contributed by atoms with van der Waals surface area (Å²) in [4.78, 5) is 33.6. The second-order valence-corrected chi connectivity index (χ2v) is 5.67. The predicted octanol–water partition coefficient (Wildman–Crippen LogP) is -2.67. The number of hydrogen-bond acceptors (Lipinski definition) is 7. The molecule has 0 rings (SSSR count). The van der Waals surface area contributed by atoms with Crippen molar-refractivity contribution in [2.24, 2.45) is 0 Å². The van der Waals surface area contributed by atoms with Crippen LogP contribution < -0.4 is 10.6 Å². The number of carbonyl (C=O) groups excluding carboxylic acids is 3. The maximum absolute atomic E-state index is 11.5. The molecule has 0 aliphatic heterocycles. The SMILES string of the molecule is COC(=O)C(=O)NC(CS(C)(=O)=O)C(=O)NCC#N. The predicted molar refractivity (Wildman–Crippen MR) is 62.3 cm³/mol. The van der Waals surface area contributed by atoms with Gasteiger partial charge in [0.15, 0.2) is 0 Å². The van der Waals surface area contributed by atoms with Crippen molar-refractivity contribution in [3.05, 3.63) is 0 Å². The molecule has 10 heteroatoms. The summed E-state index contributed by atoms with van der Waals surface area (Å²) >= 11 is 0. The van der Waals surface area contributed by atoms with Gasteiger partial charge in [-0.05, 0) is 0 Å². The lowest BCUT2D eigenvalue weighted by Crippen LogP contribution is -2.52. The molecule has 19 heavy (non-hydrogen) atoms. The number of ether oxygens (including phenoxy) is 1. The summed E-state index contributed by atoms with van der Waals surface area (Å²) in [5.74, 6) is -4.09. The van der Waals surface area contributed by atoms with E-state index >= 15 is 0 Å². The van der Waals surface area contributed by atoms with E-state index in [-0.39, 0.29) is 6.54 Å². The van der Waals surface area contributed by atoms with E-state index in [2.05, 4.69) is 10.1 Å². The van der Waals surface area contributed by atoms with Crippen molar-refractivity contribution < 1.29 is 27.5 Å². The Kier molecular flexibility index (Phi) is 6.49. The monoisotopic (exact) mass is 291 g/mol. The summed E-state index contributed by atoms with van der Waals surface area (Å²) in [6, 6.07) is 0.141. The van der Waals surface area contributed by atoms with E-state index in [1.165, 1.54) is 0 Å². The average Bonchev–Trinajstić information content (AvgIpc) is 2.32. The summed E-state index contributed by atoms with van der Waals surface area (Å²) in [6.07, 6.45) is 0.863. The van der Waals surface area contributed by atoms with E-state index < -0.39 is 39.4 Å². The van der Waals surface area contributed by atoms with Gasteiger partial charge in [0.25, 0.3) is 0 Å². The molecule has 0 heterocycles. The first kappa shape index (κ1) is 16.9. The Morgan fingerprint density at radius 3 is 2.37 bits per heavy atom. The number of hydrogen-bond donors (Lipinski definition) is 2. The molecular weight excluding hydrogens is 278 g/mol. The first-order chi connectivity index (χ1) is 8.71. The zero-order valence-corrected chi connectivity index (χ0v) is 11.1. The molecule has 0 saturated carbocycles. The minimum absolute atomic E-state index is 0.354. The number of amides is 2. The molecule has 0 aromatic rings. The molecule has 1 unspecified atom stereocenters. The molecule has 1 atom stereocenters. The number of rotatable bonds is 5. The van der Waals surface area contributed by atoms with Crippen molar-refractivity contribution >= 4 is 27.6 Å². The van der Waals surface area contributed by atoms with Crippen molar-refractivity contribution in [1.82, 2.24) is 10.6 Å². The Balaban J connectivity index is 4.87. The van der Waals surface area contributed by atoms with Gasteiger partial charge in [0.1, 0.15) is 22.4 Å². The standard InChI is InChI=1S/C9H13N3O6S/c1-18-9(15)8(14)12-6(5-19(2,16)17)7(13)11-4-3-10/h6H,4-5H2,1-2H3,(H,11,13)(H,12,14). The normalized spacial score (nSPS) is 11.8. The fourth-order valence-corrected chi connectivity index (χ4v) is 1.89. The van der Waals surface area contributed by atoms with E-state index in [1.807, 2.05) is 5.32 Å². The number of esters is 1. The maximum atomic E-state index is 11.5. The van der Waals surface area contributed by atoms with Gasteiger partial charge in [0.2, 0.25) is 5.91 Å². The number of methoxy groups -OCH3 is 1. The Hall–Kier alpha value is -2.15. The van der Waals surface area contributed by atoms with E-state index in [0.717, 1.165) is 13.4 Å². The molecular formula is C9H13N3O6S. The first-order valence-electron chi connectivity index (χ1n) is 4.92.